The van der Waals surface area contributed by atoms with Crippen LogP contribution in [0.5, 0.6) is 11.5 Å². The molecule has 0 unspecified atom stereocenters. The van der Waals surface area contributed by atoms with Crippen molar-refractivity contribution >= 4 is 15.9 Å². The van der Waals surface area contributed by atoms with Gasteiger partial charge in [-0.15, -0.1) is 0 Å². The van der Waals surface area contributed by atoms with E-state index in [4.69, 9.17) is 9.47 Å². The SMILES string of the molecule is CCNC(=O)c1cc(S(=O)(=O)NCc2ccc(OC)cc2)ccc1OC. The average molecular weight is 378 g/mol. The molecule has 0 fully saturated rings. The number of rotatable bonds is 8. The summed E-state index contributed by atoms with van der Waals surface area (Å²) in [6.45, 7) is 2.32. The molecule has 140 valence electrons. The van der Waals surface area contributed by atoms with Gasteiger partial charge in [0.2, 0.25) is 10.0 Å². The fourth-order valence-corrected chi connectivity index (χ4v) is 3.34. The number of carbonyl (C=O) groups is 1. The summed E-state index contributed by atoms with van der Waals surface area (Å²) in [7, 11) is -0.799. The van der Waals surface area contributed by atoms with E-state index in [1.807, 2.05) is 0 Å². The largest absolute Gasteiger partial charge is 0.497 e. The quantitative estimate of drug-likeness (QED) is 0.732. The zero-order chi connectivity index (χ0) is 19.2. The van der Waals surface area contributed by atoms with Crippen LogP contribution in [-0.4, -0.2) is 35.1 Å². The summed E-state index contributed by atoms with van der Waals surface area (Å²) in [5, 5.41) is 2.64. The van der Waals surface area contributed by atoms with E-state index in [1.54, 1.807) is 38.3 Å². The number of amides is 1. The number of benzene rings is 2. The molecule has 26 heavy (non-hydrogen) atoms. The highest BCUT2D eigenvalue weighted by Crippen LogP contribution is 2.22. The first-order valence-corrected chi connectivity index (χ1v) is 9.48. The second-order valence-electron chi connectivity index (χ2n) is 5.39. The lowest BCUT2D eigenvalue weighted by Gasteiger charge is -2.12. The van der Waals surface area contributed by atoms with Gasteiger partial charge < -0.3 is 14.8 Å². The number of hydrogen-bond donors (Lipinski definition) is 2. The van der Waals surface area contributed by atoms with E-state index < -0.39 is 15.9 Å². The molecular weight excluding hydrogens is 356 g/mol. The van der Waals surface area contributed by atoms with Gasteiger partial charge in [-0.3, -0.25) is 4.79 Å². The van der Waals surface area contributed by atoms with Gasteiger partial charge in [0.05, 0.1) is 24.7 Å². The summed E-state index contributed by atoms with van der Waals surface area (Å²) in [5.41, 5.74) is 0.952. The van der Waals surface area contributed by atoms with Crippen LogP contribution in [0.15, 0.2) is 47.4 Å². The van der Waals surface area contributed by atoms with Crippen LogP contribution in [-0.2, 0) is 16.6 Å². The van der Waals surface area contributed by atoms with Crippen molar-refractivity contribution in [3.05, 3.63) is 53.6 Å². The molecule has 1 amide bonds. The minimum atomic E-state index is -3.79. The average Bonchev–Trinajstić information content (AvgIpc) is 2.66. The number of hydrogen-bond acceptors (Lipinski definition) is 5. The third-order valence-corrected chi connectivity index (χ3v) is 5.09. The smallest absolute Gasteiger partial charge is 0.255 e. The third-order valence-electron chi connectivity index (χ3n) is 3.69. The van der Waals surface area contributed by atoms with E-state index in [0.29, 0.717) is 18.0 Å². The first kappa shape index (κ1) is 19.7. The van der Waals surface area contributed by atoms with Gasteiger partial charge in [-0.1, -0.05) is 12.1 Å². The van der Waals surface area contributed by atoms with Crippen LogP contribution in [0.3, 0.4) is 0 Å². The Bertz CT molecular complexity index is 864. The molecule has 0 spiro atoms. The van der Waals surface area contributed by atoms with Crippen LogP contribution in [0.2, 0.25) is 0 Å². The van der Waals surface area contributed by atoms with Gasteiger partial charge in [0.15, 0.2) is 0 Å². The second kappa shape index (κ2) is 8.68. The maximum absolute atomic E-state index is 12.6. The monoisotopic (exact) mass is 378 g/mol. The van der Waals surface area contributed by atoms with E-state index in [1.165, 1.54) is 25.3 Å². The molecule has 0 aromatic heterocycles. The van der Waals surface area contributed by atoms with Crippen LogP contribution in [0.1, 0.15) is 22.8 Å². The number of carbonyl (C=O) groups excluding carboxylic acids is 1. The molecule has 2 aromatic rings. The van der Waals surface area contributed by atoms with Crippen molar-refractivity contribution in [1.29, 1.82) is 0 Å². The van der Waals surface area contributed by atoms with Gasteiger partial charge in [0.1, 0.15) is 11.5 Å². The number of ether oxygens (including phenoxy) is 2. The Balaban J connectivity index is 2.21. The van der Waals surface area contributed by atoms with Gasteiger partial charge in [-0.25, -0.2) is 13.1 Å². The minimum Gasteiger partial charge on any atom is -0.497 e. The van der Waals surface area contributed by atoms with Crippen LogP contribution in [0.4, 0.5) is 0 Å². The summed E-state index contributed by atoms with van der Waals surface area (Å²) in [6.07, 6.45) is 0. The van der Waals surface area contributed by atoms with Gasteiger partial charge in [0.25, 0.3) is 5.91 Å². The lowest BCUT2D eigenvalue weighted by molar-refractivity contribution is 0.0952. The Morgan fingerprint density at radius 1 is 1.04 bits per heavy atom. The zero-order valence-electron chi connectivity index (χ0n) is 14.9. The van der Waals surface area contributed by atoms with E-state index in [2.05, 4.69) is 10.0 Å². The fraction of sp³-hybridized carbons (Fsp3) is 0.278. The number of nitrogens with one attached hydrogen (secondary N) is 2. The van der Waals surface area contributed by atoms with Crippen molar-refractivity contribution in [3.63, 3.8) is 0 Å². The zero-order valence-corrected chi connectivity index (χ0v) is 15.7. The molecular formula is C18H22N2O5S. The number of methoxy groups -OCH3 is 2. The Kier molecular flexibility index (Phi) is 6.59. The molecule has 2 N–H and O–H groups in total. The maximum atomic E-state index is 12.6. The predicted octanol–water partition coefficient (Wildman–Crippen LogP) is 1.93. The Morgan fingerprint density at radius 2 is 1.73 bits per heavy atom. The summed E-state index contributed by atoms with van der Waals surface area (Å²) < 4.78 is 37.8. The van der Waals surface area contributed by atoms with Crippen LogP contribution >= 0.6 is 0 Å². The standard InChI is InChI=1S/C18H22N2O5S/c1-4-19-18(21)16-11-15(9-10-17(16)25-3)26(22,23)20-12-13-5-7-14(24-2)8-6-13/h5-11,20H,4,12H2,1-3H3,(H,19,21). The summed E-state index contributed by atoms with van der Waals surface area (Å²) >= 11 is 0. The summed E-state index contributed by atoms with van der Waals surface area (Å²) in [6, 6.07) is 11.2. The van der Waals surface area contributed by atoms with E-state index in [-0.39, 0.29) is 17.0 Å². The summed E-state index contributed by atoms with van der Waals surface area (Å²) in [4.78, 5) is 12.1. The first-order valence-electron chi connectivity index (χ1n) is 8.00. The molecule has 0 heterocycles. The van der Waals surface area contributed by atoms with Crippen molar-refractivity contribution in [3.8, 4) is 11.5 Å². The molecule has 0 radical (unpaired) electrons. The van der Waals surface area contributed by atoms with Crippen molar-refractivity contribution in [2.45, 2.75) is 18.4 Å². The Hall–Kier alpha value is -2.58. The molecule has 2 aromatic carbocycles. The van der Waals surface area contributed by atoms with Crippen molar-refractivity contribution in [1.82, 2.24) is 10.0 Å². The van der Waals surface area contributed by atoms with Crippen LogP contribution < -0.4 is 19.5 Å². The molecule has 8 heteroatoms. The molecule has 0 atom stereocenters. The Morgan fingerprint density at radius 3 is 2.31 bits per heavy atom. The topological polar surface area (TPSA) is 93.7 Å². The highest BCUT2D eigenvalue weighted by Gasteiger charge is 2.19. The van der Waals surface area contributed by atoms with Gasteiger partial charge >= 0.3 is 0 Å². The van der Waals surface area contributed by atoms with Crippen LogP contribution in [0.25, 0.3) is 0 Å². The summed E-state index contributed by atoms with van der Waals surface area (Å²) in [5.74, 6) is 0.611. The number of sulfonamides is 1. The third kappa shape index (κ3) is 4.74. The normalized spacial score (nSPS) is 11.0. The lowest BCUT2D eigenvalue weighted by Crippen LogP contribution is -2.26. The molecule has 0 aliphatic carbocycles. The van der Waals surface area contributed by atoms with E-state index in [9.17, 15) is 13.2 Å². The van der Waals surface area contributed by atoms with Crippen molar-refractivity contribution in [2.24, 2.45) is 0 Å². The molecule has 0 aliphatic rings. The highest BCUT2D eigenvalue weighted by molar-refractivity contribution is 7.89. The molecule has 0 aliphatic heterocycles. The maximum Gasteiger partial charge on any atom is 0.255 e. The van der Waals surface area contributed by atoms with Crippen LogP contribution in [0, 0.1) is 0 Å². The first-order chi connectivity index (χ1) is 12.4. The molecule has 0 saturated heterocycles. The predicted molar refractivity (Wildman–Crippen MR) is 98.0 cm³/mol. The highest BCUT2D eigenvalue weighted by atomic mass is 32.2. The molecule has 2 rings (SSSR count). The minimum absolute atomic E-state index is 0.00642. The van der Waals surface area contributed by atoms with E-state index in [0.717, 1.165) is 5.56 Å². The second-order valence-corrected chi connectivity index (χ2v) is 7.16. The Labute approximate surface area is 153 Å². The van der Waals surface area contributed by atoms with Crippen molar-refractivity contribution < 1.29 is 22.7 Å². The van der Waals surface area contributed by atoms with Gasteiger partial charge in [-0.2, -0.15) is 0 Å². The van der Waals surface area contributed by atoms with E-state index >= 15 is 0 Å². The lowest BCUT2D eigenvalue weighted by atomic mass is 10.2. The van der Waals surface area contributed by atoms with Gasteiger partial charge in [-0.05, 0) is 42.8 Å². The van der Waals surface area contributed by atoms with Gasteiger partial charge in [0, 0.05) is 13.1 Å². The molecule has 0 saturated carbocycles. The molecule has 7 nitrogen and oxygen atoms in total. The fourth-order valence-electron chi connectivity index (χ4n) is 2.29. The van der Waals surface area contributed by atoms with Crippen molar-refractivity contribution in [2.75, 3.05) is 20.8 Å². The molecule has 0 bridgehead atoms.